The largest absolute Gasteiger partial charge is 0.345 e. The maximum atomic E-state index is 13.4. The van der Waals surface area contributed by atoms with Crippen LogP contribution in [0, 0.1) is 6.92 Å². The van der Waals surface area contributed by atoms with Crippen LogP contribution in [0.2, 0.25) is 5.02 Å². The summed E-state index contributed by atoms with van der Waals surface area (Å²) >= 11 is 6.19. The molecule has 5 nitrogen and oxygen atoms in total. The second kappa shape index (κ2) is 12.0. The fourth-order valence-electron chi connectivity index (χ4n) is 5.31. The fourth-order valence-corrected chi connectivity index (χ4v) is 5.53. The van der Waals surface area contributed by atoms with Gasteiger partial charge in [0.25, 0.3) is 0 Å². The number of Topliss-reactive ketones (excluding diaryl/α,β-unsaturated/α-hetero) is 1. The standard InChI is InChI=1S/C30H36ClN3O2/c1-20-6-4-7-21(2)34(20)19-30(36)33-28(18-24-8-5-9-26(31)17-24)29(35)13-11-23-10-12-27-22(3)32-15-14-25(27)16-23/h5,8-10,12,14-17,20-21,28H,4,6-7,11,13,18-19H2,1-3H3,(H,33,36)/t20-,21+,28-/m0/s1. The first kappa shape index (κ1) is 26.3. The number of carbonyl (C=O) groups excluding carboxylic acids is 2. The molecule has 6 heteroatoms. The fraction of sp³-hybridized carbons (Fsp3) is 0.433. The van der Waals surface area contributed by atoms with E-state index in [2.05, 4.69) is 47.2 Å². The number of nitrogens with zero attached hydrogens (tertiary/aromatic N) is 2. The number of amides is 1. The Hall–Kier alpha value is -2.76. The third kappa shape index (κ3) is 6.71. The molecule has 3 aromatic rings. The molecule has 1 aromatic heterocycles. The number of hydrogen-bond donors (Lipinski definition) is 1. The van der Waals surface area contributed by atoms with Crippen molar-refractivity contribution in [2.75, 3.05) is 6.54 Å². The van der Waals surface area contributed by atoms with Gasteiger partial charge in [-0.3, -0.25) is 19.5 Å². The van der Waals surface area contributed by atoms with Crippen molar-refractivity contribution < 1.29 is 9.59 Å². The summed E-state index contributed by atoms with van der Waals surface area (Å²) in [6.45, 7) is 6.68. The highest BCUT2D eigenvalue weighted by molar-refractivity contribution is 6.30. The van der Waals surface area contributed by atoms with Crippen LogP contribution in [-0.4, -0.2) is 46.2 Å². The molecule has 0 unspecified atom stereocenters. The van der Waals surface area contributed by atoms with Crippen LogP contribution in [0.4, 0.5) is 0 Å². The number of aryl methyl sites for hydroxylation is 2. The normalized spacial score (nSPS) is 19.2. The number of fused-ring (bicyclic) bond motifs is 1. The third-order valence-electron chi connectivity index (χ3n) is 7.44. The number of piperidine rings is 1. The molecule has 2 heterocycles. The van der Waals surface area contributed by atoms with E-state index in [0.717, 1.165) is 40.4 Å². The molecule has 36 heavy (non-hydrogen) atoms. The Labute approximate surface area is 219 Å². The van der Waals surface area contributed by atoms with Crippen LogP contribution in [0.3, 0.4) is 0 Å². The van der Waals surface area contributed by atoms with Crippen molar-refractivity contribution >= 4 is 34.1 Å². The first-order chi connectivity index (χ1) is 17.3. The molecule has 1 N–H and O–H groups in total. The van der Waals surface area contributed by atoms with Gasteiger partial charge in [-0.1, -0.05) is 48.4 Å². The Morgan fingerprint density at radius 2 is 1.86 bits per heavy atom. The SMILES string of the molecule is Cc1nccc2cc(CCC(=O)[C@H](Cc3cccc(Cl)c3)NC(=O)CN3[C@H](C)CCC[C@@H]3C)ccc12. The number of rotatable bonds is 9. The molecule has 1 aliphatic heterocycles. The quantitative estimate of drug-likeness (QED) is 0.406. The van der Waals surface area contributed by atoms with Crippen molar-refractivity contribution in [1.29, 1.82) is 0 Å². The predicted molar refractivity (Wildman–Crippen MR) is 146 cm³/mol. The van der Waals surface area contributed by atoms with Crippen LogP contribution in [0.5, 0.6) is 0 Å². The number of ketones is 1. The highest BCUT2D eigenvalue weighted by atomic mass is 35.5. The topological polar surface area (TPSA) is 62.3 Å². The van der Waals surface area contributed by atoms with E-state index in [1.54, 1.807) is 0 Å². The Morgan fingerprint density at radius 1 is 1.08 bits per heavy atom. The summed E-state index contributed by atoms with van der Waals surface area (Å²) in [6.07, 6.45) is 6.62. The minimum absolute atomic E-state index is 0.0362. The van der Waals surface area contributed by atoms with Gasteiger partial charge < -0.3 is 5.32 Å². The Balaban J connectivity index is 1.45. The molecule has 190 valence electrons. The van der Waals surface area contributed by atoms with E-state index in [1.807, 2.05) is 43.5 Å². The van der Waals surface area contributed by atoms with Gasteiger partial charge in [0.1, 0.15) is 0 Å². The number of nitrogens with one attached hydrogen (secondary N) is 1. The van der Waals surface area contributed by atoms with Gasteiger partial charge in [0.15, 0.2) is 5.78 Å². The van der Waals surface area contributed by atoms with Crippen molar-refractivity contribution in [2.45, 2.75) is 77.4 Å². The molecule has 4 rings (SSSR count). The molecule has 0 spiro atoms. The maximum absolute atomic E-state index is 13.4. The third-order valence-corrected chi connectivity index (χ3v) is 7.68. The van der Waals surface area contributed by atoms with E-state index < -0.39 is 6.04 Å². The molecule has 0 saturated carbocycles. The zero-order chi connectivity index (χ0) is 25.7. The number of aromatic nitrogens is 1. The summed E-state index contributed by atoms with van der Waals surface area (Å²) in [5, 5.41) is 5.94. The van der Waals surface area contributed by atoms with Gasteiger partial charge in [-0.2, -0.15) is 0 Å². The monoisotopic (exact) mass is 505 g/mol. The molecule has 1 saturated heterocycles. The van der Waals surface area contributed by atoms with Crippen LogP contribution in [0.15, 0.2) is 54.7 Å². The molecule has 0 bridgehead atoms. The first-order valence-electron chi connectivity index (χ1n) is 13.0. The van der Waals surface area contributed by atoms with E-state index in [1.165, 1.54) is 6.42 Å². The number of benzene rings is 2. The second-order valence-electron chi connectivity index (χ2n) is 10.2. The Morgan fingerprint density at radius 3 is 2.61 bits per heavy atom. The molecule has 0 aliphatic carbocycles. The van der Waals surface area contributed by atoms with Crippen molar-refractivity contribution in [3.8, 4) is 0 Å². The van der Waals surface area contributed by atoms with Gasteiger partial charge in [0, 0.05) is 40.8 Å². The highest BCUT2D eigenvalue weighted by Gasteiger charge is 2.28. The highest BCUT2D eigenvalue weighted by Crippen LogP contribution is 2.22. The Bertz CT molecular complexity index is 1220. The van der Waals surface area contributed by atoms with Crippen molar-refractivity contribution in [1.82, 2.24) is 15.2 Å². The van der Waals surface area contributed by atoms with Crippen LogP contribution in [0.25, 0.3) is 10.8 Å². The van der Waals surface area contributed by atoms with Crippen LogP contribution in [0.1, 0.15) is 56.4 Å². The lowest BCUT2D eigenvalue weighted by atomic mass is 9.96. The smallest absolute Gasteiger partial charge is 0.234 e. The number of hydrogen-bond acceptors (Lipinski definition) is 4. The average Bonchev–Trinajstić information content (AvgIpc) is 2.84. The number of pyridine rings is 1. The lowest BCUT2D eigenvalue weighted by Gasteiger charge is -2.38. The van der Waals surface area contributed by atoms with Crippen LogP contribution >= 0.6 is 11.6 Å². The van der Waals surface area contributed by atoms with Crippen molar-refractivity contribution in [3.05, 3.63) is 76.6 Å². The predicted octanol–water partition coefficient (Wildman–Crippen LogP) is 5.69. The van der Waals surface area contributed by atoms with Crippen molar-refractivity contribution in [3.63, 3.8) is 0 Å². The molecule has 1 aliphatic rings. The minimum atomic E-state index is -0.585. The van der Waals surface area contributed by atoms with E-state index in [9.17, 15) is 9.59 Å². The lowest BCUT2D eigenvalue weighted by Crippen LogP contribution is -2.51. The maximum Gasteiger partial charge on any atom is 0.234 e. The molecule has 1 fully saturated rings. The summed E-state index contributed by atoms with van der Waals surface area (Å²) in [5.41, 5.74) is 3.04. The molecule has 3 atom stereocenters. The summed E-state index contributed by atoms with van der Waals surface area (Å²) < 4.78 is 0. The zero-order valence-electron chi connectivity index (χ0n) is 21.5. The van der Waals surface area contributed by atoms with E-state index in [0.29, 0.717) is 42.9 Å². The summed E-state index contributed by atoms with van der Waals surface area (Å²) in [5.74, 6) is -0.0567. The average molecular weight is 506 g/mol. The molecule has 0 radical (unpaired) electrons. The summed E-state index contributed by atoms with van der Waals surface area (Å²) in [7, 11) is 0. The van der Waals surface area contributed by atoms with Gasteiger partial charge in [-0.25, -0.2) is 0 Å². The molecular formula is C30H36ClN3O2. The second-order valence-corrected chi connectivity index (χ2v) is 10.6. The van der Waals surface area contributed by atoms with Gasteiger partial charge in [0.2, 0.25) is 5.91 Å². The van der Waals surface area contributed by atoms with Gasteiger partial charge in [-0.05, 0) is 81.2 Å². The molecule has 1 amide bonds. The first-order valence-corrected chi connectivity index (χ1v) is 13.3. The van der Waals surface area contributed by atoms with E-state index in [-0.39, 0.29) is 11.7 Å². The van der Waals surface area contributed by atoms with E-state index >= 15 is 0 Å². The van der Waals surface area contributed by atoms with Crippen LogP contribution < -0.4 is 5.32 Å². The van der Waals surface area contributed by atoms with Gasteiger partial charge >= 0.3 is 0 Å². The lowest BCUT2D eigenvalue weighted by molar-refractivity contribution is -0.129. The summed E-state index contributed by atoms with van der Waals surface area (Å²) in [6, 6.07) is 15.9. The van der Waals surface area contributed by atoms with E-state index in [4.69, 9.17) is 11.6 Å². The van der Waals surface area contributed by atoms with Crippen molar-refractivity contribution in [2.24, 2.45) is 0 Å². The summed E-state index contributed by atoms with van der Waals surface area (Å²) in [4.78, 5) is 33.1. The molecule has 2 aromatic carbocycles. The van der Waals surface area contributed by atoms with Crippen LogP contribution in [-0.2, 0) is 22.4 Å². The van der Waals surface area contributed by atoms with Gasteiger partial charge in [-0.15, -0.1) is 0 Å². The molecular weight excluding hydrogens is 470 g/mol. The Kier molecular flexibility index (Phi) is 8.76. The van der Waals surface area contributed by atoms with Gasteiger partial charge in [0.05, 0.1) is 12.6 Å². The number of likely N-dealkylation sites (tertiary alicyclic amines) is 1. The number of carbonyl (C=O) groups is 2. The minimum Gasteiger partial charge on any atom is -0.345 e. The number of halogens is 1. The zero-order valence-corrected chi connectivity index (χ0v) is 22.2.